The number of carboxylic acid groups (broad SMARTS) is 1. The minimum atomic E-state index is -5.08. The third-order valence-electron chi connectivity index (χ3n) is 7.26. The molecule has 0 saturated carbocycles. The van der Waals surface area contributed by atoms with E-state index in [1.54, 1.807) is 12.1 Å². The third kappa shape index (κ3) is 6.97. The van der Waals surface area contributed by atoms with Crippen LogP contribution in [-0.4, -0.2) is 86.4 Å². The van der Waals surface area contributed by atoms with Crippen LogP contribution in [0.3, 0.4) is 0 Å². The van der Waals surface area contributed by atoms with Crippen LogP contribution >= 0.6 is 0 Å². The van der Waals surface area contributed by atoms with Gasteiger partial charge in [0.2, 0.25) is 0 Å². The number of carboxylic acids is 1. The average molecular weight is 585 g/mol. The number of morpholine rings is 1. The number of aromatic nitrogens is 4. The van der Waals surface area contributed by atoms with Gasteiger partial charge in [-0.3, -0.25) is 4.90 Å². The molecule has 2 N–H and O–H groups in total. The van der Waals surface area contributed by atoms with Crippen LogP contribution in [-0.2, 0) is 16.1 Å². The van der Waals surface area contributed by atoms with Crippen molar-refractivity contribution in [1.29, 1.82) is 0 Å². The molecule has 0 radical (unpaired) electrons. The molecule has 2 saturated heterocycles. The van der Waals surface area contributed by atoms with Crippen molar-refractivity contribution in [3.05, 3.63) is 66.4 Å². The first-order valence-electron chi connectivity index (χ1n) is 13.6. The SMILES string of the molecule is O=C(O)C(F)(F)F.Oc1ccc(-c2nc(N3CCOCC3)c3cnn(C4CCN(Cc5ccccc5)CC4)c3n2)cc1. The lowest BCUT2D eigenvalue weighted by Gasteiger charge is -2.32. The minimum Gasteiger partial charge on any atom is -0.508 e. The van der Waals surface area contributed by atoms with E-state index in [0.717, 1.165) is 68.0 Å². The maximum atomic E-state index is 10.6. The van der Waals surface area contributed by atoms with Crippen molar-refractivity contribution in [2.24, 2.45) is 0 Å². The molecule has 2 aliphatic rings. The molecule has 2 aromatic carbocycles. The Labute approximate surface area is 240 Å². The fraction of sp³-hybridized carbons (Fsp3) is 0.379. The zero-order valence-electron chi connectivity index (χ0n) is 22.7. The fourth-order valence-corrected chi connectivity index (χ4v) is 5.10. The summed E-state index contributed by atoms with van der Waals surface area (Å²) in [5.74, 6) is -0.959. The number of aromatic hydroxyl groups is 1. The monoisotopic (exact) mass is 584 g/mol. The summed E-state index contributed by atoms with van der Waals surface area (Å²) in [6.07, 6.45) is -1.08. The van der Waals surface area contributed by atoms with Gasteiger partial charge in [-0.25, -0.2) is 19.4 Å². The second kappa shape index (κ2) is 12.7. The molecule has 0 atom stereocenters. The third-order valence-corrected chi connectivity index (χ3v) is 7.26. The summed E-state index contributed by atoms with van der Waals surface area (Å²) in [7, 11) is 0. The Kier molecular flexibility index (Phi) is 8.88. The Morgan fingerprint density at radius 3 is 2.21 bits per heavy atom. The maximum Gasteiger partial charge on any atom is 0.490 e. The van der Waals surface area contributed by atoms with Crippen LogP contribution in [0.2, 0.25) is 0 Å². The predicted molar refractivity (Wildman–Crippen MR) is 149 cm³/mol. The smallest absolute Gasteiger partial charge is 0.490 e. The first kappa shape index (κ1) is 29.3. The van der Waals surface area contributed by atoms with Gasteiger partial charge in [0.15, 0.2) is 11.5 Å². The second-order valence-corrected chi connectivity index (χ2v) is 10.1. The van der Waals surface area contributed by atoms with Crippen molar-refractivity contribution in [3.63, 3.8) is 0 Å². The number of phenols is 1. The molecule has 42 heavy (non-hydrogen) atoms. The van der Waals surface area contributed by atoms with Crippen LogP contribution in [0, 0.1) is 0 Å². The van der Waals surface area contributed by atoms with Crippen molar-refractivity contribution in [1.82, 2.24) is 24.6 Å². The molecule has 2 aromatic heterocycles. The summed E-state index contributed by atoms with van der Waals surface area (Å²) >= 11 is 0. The molecule has 2 aliphatic heterocycles. The number of rotatable bonds is 5. The number of piperidine rings is 1. The number of halogens is 3. The number of likely N-dealkylation sites (tertiary alicyclic amines) is 1. The van der Waals surface area contributed by atoms with E-state index in [0.29, 0.717) is 25.1 Å². The van der Waals surface area contributed by atoms with E-state index in [1.165, 1.54) is 5.56 Å². The number of phenolic OH excluding ortho intramolecular Hbond substituents is 1. The Balaban J connectivity index is 0.000000451. The molecule has 6 rings (SSSR count). The van der Waals surface area contributed by atoms with E-state index >= 15 is 0 Å². The van der Waals surface area contributed by atoms with Crippen LogP contribution in [0.5, 0.6) is 5.75 Å². The van der Waals surface area contributed by atoms with E-state index in [9.17, 15) is 18.3 Å². The first-order chi connectivity index (χ1) is 20.2. The van der Waals surface area contributed by atoms with E-state index in [-0.39, 0.29) is 5.75 Å². The summed E-state index contributed by atoms with van der Waals surface area (Å²) in [5, 5.41) is 22.7. The highest BCUT2D eigenvalue weighted by Crippen LogP contribution is 2.32. The van der Waals surface area contributed by atoms with E-state index < -0.39 is 12.1 Å². The Hall–Kier alpha value is -4.23. The van der Waals surface area contributed by atoms with Crippen molar-refractivity contribution in [3.8, 4) is 17.1 Å². The van der Waals surface area contributed by atoms with Crippen LogP contribution < -0.4 is 4.90 Å². The van der Waals surface area contributed by atoms with E-state index in [2.05, 4.69) is 44.8 Å². The molecular formula is C29H31F3N6O4. The van der Waals surface area contributed by atoms with Gasteiger partial charge in [0.25, 0.3) is 0 Å². The molecular weight excluding hydrogens is 553 g/mol. The van der Waals surface area contributed by atoms with Crippen LogP contribution in [0.15, 0.2) is 60.8 Å². The van der Waals surface area contributed by atoms with Gasteiger partial charge in [0.1, 0.15) is 11.6 Å². The van der Waals surface area contributed by atoms with Gasteiger partial charge in [-0.15, -0.1) is 0 Å². The number of aliphatic carboxylic acids is 1. The van der Waals surface area contributed by atoms with Gasteiger partial charge in [-0.05, 0) is 42.7 Å². The standard InChI is InChI=1S/C27H30N6O2.C2HF3O2/c34-23-8-6-21(7-9-23)25-29-26(32-14-16-35-17-15-32)24-18-28-33(27(24)30-25)22-10-12-31(13-11-22)19-20-4-2-1-3-5-20;3-2(4,5)1(6)7/h1-9,18,22,34H,10-17,19H2;(H,6,7). The highest BCUT2D eigenvalue weighted by Gasteiger charge is 2.38. The molecule has 222 valence electrons. The number of benzene rings is 2. The average Bonchev–Trinajstić information content (AvgIpc) is 3.42. The maximum absolute atomic E-state index is 10.6. The van der Waals surface area contributed by atoms with Gasteiger partial charge >= 0.3 is 12.1 Å². The summed E-state index contributed by atoms with van der Waals surface area (Å²) in [6.45, 7) is 6.03. The summed E-state index contributed by atoms with van der Waals surface area (Å²) < 4.78 is 39.4. The largest absolute Gasteiger partial charge is 0.508 e. The van der Waals surface area contributed by atoms with Crippen LogP contribution in [0.25, 0.3) is 22.4 Å². The molecule has 2 fully saturated rings. The van der Waals surface area contributed by atoms with Crippen molar-refractivity contribution < 1.29 is 32.9 Å². The number of ether oxygens (including phenoxy) is 1. The molecule has 0 bridgehead atoms. The summed E-state index contributed by atoms with van der Waals surface area (Å²) in [6, 6.07) is 18.1. The lowest BCUT2D eigenvalue weighted by atomic mass is 10.0. The minimum absolute atomic E-state index is 0.232. The molecule has 10 nitrogen and oxygen atoms in total. The van der Waals surface area contributed by atoms with Gasteiger partial charge in [-0.1, -0.05) is 30.3 Å². The van der Waals surface area contributed by atoms with E-state index in [1.807, 2.05) is 18.3 Å². The highest BCUT2D eigenvalue weighted by molar-refractivity contribution is 5.89. The van der Waals surface area contributed by atoms with Gasteiger partial charge in [-0.2, -0.15) is 18.3 Å². The van der Waals surface area contributed by atoms with Crippen molar-refractivity contribution >= 4 is 22.8 Å². The molecule has 0 aliphatic carbocycles. The fourth-order valence-electron chi connectivity index (χ4n) is 5.10. The Morgan fingerprint density at radius 2 is 1.60 bits per heavy atom. The number of alkyl halides is 3. The summed E-state index contributed by atoms with van der Waals surface area (Å²) in [4.78, 5) is 23.6. The number of hydrogen-bond acceptors (Lipinski definition) is 8. The molecule has 0 unspecified atom stereocenters. The molecule has 13 heteroatoms. The van der Waals surface area contributed by atoms with Crippen molar-refractivity contribution in [2.45, 2.75) is 31.6 Å². The van der Waals surface area contributed by atoms with Gasteiger partial charge in [0, 0.05) is 38.3 Å². The molecule has 4 aromatic rings. The predicted octanol–water partition coefficient (Wildman–Crippen LogP) is 4.51. The normalized spacial score (nSPS) is 16.7. The number of fused-ring (bicyclic) bond motifs is 1. The summed E-state index contributed by atoms with van der Waals surface area (Å²) in [5.41, 5.74) is 3.12. The number of carbonyl (C=O) groups is 1. The topological polar surface area (TPSA) is 117 Å². The zero-order valence-corrected chi connectivity index (χ0v) is 22.7. The Morgan fingerprint density at radius 1 is 0.952 bits per heavy atom. The van der Waals surface area contributed by atoms with Gasteiger partial charge in [0.05, 0.1) is 30.8 Å². The Bertz CT molecular complexity index is 1480. The quantitative estimate of drug-likeness (QED) is 0.350. The lowest BCUT2D eigenvalue weighted by molar-refractivity contribution is -0.192. The molecule has 0 spiro atoms. The number of anilines is 1. The zero-order chi connectivity index (χ0) is 29.7. The molecule has 0 amide bonds. The van der Waals surface area contributed by atoms with Crippen LogP contribution in [0.4, 0.5) is 19.0 Å². The first-order valence-corrected chi connectivity index (χ1v) is 13.6. The lowest BCUT2D eigenvalue weighted by Crippen LogP contribution is -2.37. The number of nitrogens with zero attached hydrogens (tertiary/aromatic N) is 6. The van der Waals surface area contributed by atoms with Gasteiger partial charge < -0.3 is 19.8 Å². The van der Waals surface area contributed by atoms with Crippen LogP contribution in [0.1, 0.15) is 24.4 Å². The number of hydrogen-bond donors (Lipinski definition) is 2. The van der Waals surface area contributed by atoms with Crippen molar-refractivity contribution in [2.75, 3.05) is 44.3 Å². The highest BCUT2D eigenvalue weighted by atomic mass is 19.4. The second-order valence-electron chi connectivity index (χ2n) is 10.1. The molecule has 4 heterocycles. The van der Waals surface area contributed by atoms with E-state index in [4.69, 9.17) is 29.7 Å².